The van der Waals surface area contributed by atoms with E-state index in [4.69, 9.17) is 4.74 Å². The lowest BCUT2D eigenvalue weighted by Gasteiger charge is -2.15. The summed E-state index contributed by atoms with van der Waals surface area (Å²) in [5, 5.41) is 12.3. The van der Waals surface area contributed by atoms with Crippen LogP contribution >= 0.6 is 11.8 Å². The van der Waals surface area contributed by atoms with Crippen molar-refractivity contribution in [2.45, 2.75) is 51.4 Å². The number of rotatable bonds is 9. The topological polar surface area (TPSA) is 69.0 Å². The molecule has 7 heteroatoms. The molecule has 6 nitrogen and oxygen atoms in total. The van der Waals surface area contributed by atoms with Crippen molar-refractivity contribution in [3.8, 4) is 5.75 Å². The Morgan fingerprint density at radius 3 is 2.47 bits per heavy atom. The van der Waals surface area contributed by atoms with Crippen molar-refractivity contribution in [2.75, 3.05) is 11.1 Å². The molecule has 0 radical (unpaired) electrons. The minimum Gasteiger partial charge on any atom is -0.483 e. The molecule has 1 N–H and O–H groups in total. The summed E-state index contributed by atoms with van der Waals surface area (Å²) in [5.74, 6) is 2.07. The highest BCUT2D eigenvalue weighted by Gasteiger charge is 2.19. The maximum atomic E-state index is 12.5. The normalized spacial score (nSPS) is 12.0. The number of nitrogens with one attached hydrogen (secondary N) is 1. The Labute approximate surface area is 182 Å². The highest BCUT2D eigenvalue weighted by Crippen LogP contribution is 2.26. The van der Waals surface area contributed by atoms with E-state index in [0.717, 1.165) is 22.8 Å². The summed E-state index contributed by atoms with van der Waals surface area (Å²) in [7, 11) is 0. The molecule has 1 amide bonds. The number of aromatic nitrogens is 3. The number of para-hydroxylation sites is 2. The van der Waals surface area contributed by atoms with Gasteiger partial charge in [0.2, 0.25) is 5.91 Å². The third-order valence-corrected chi connectivity index (χ3v) is 5.64. The molecular weight excluding hydrogens is 396 g/mol. The molecule has 0 bridgehead atoms. The minimum absolute atomic E-state index is 0.0612. The van der Waals surface area contributed by atoms with Gasteiger partial charge in [0.15, 0.2) is 17.1 Å². The van der Waals surface area contributed by atoms with Gasteiger partial charge in [0.1, 0.15) is 5.75 Å². The van der Waals surface area contributed by atoms with Crippen molar-refractivity contribution in [3.05, 3.63) is 66.0 Å². The second-order valence-corrected chi connectivity index (χ2v) is 8.18. The molecule has 158 valence electrons. The van der Waals surface area contributed by atoms with Crippen LogP contribution in [0.25, 0.3) is 0 Å². The smallest absolute Gasteiger partial charge is 0.234 e. The molecule has 3 aromatic rings. The maximum absolute atomic E-state index is 12.5. The summed E-state index contributed by atoms with van der Waals surface area (Å²) in [5.41, 5.74) is 1.99. The zero-order valence-electron chi connectivity index (χ0n) is 17.8. The second kappa shape index (κ2) is 10.3. The van der Waals surface area contributed by atoms with E-state index in [-0.39, 0.29) is 17.8 Å². The molecular formula is C23H28N4O2S. The van der Waals surface area contributed by atoms with Gasteiger partial charge in [-0.15, -0.1) is 10.2 Å². The van der Waals surface area contributed by atoms with Crippen molar-refractivity contribution in [1.82, 2.24) is 14.8 Å². The molecule has 0 aliphatic rings. The van der Waals surface area contributed by atoms with Gasteiger partial charge in [0, 0.05) is 12.2 Å². The Kier molecular flexibility index (Phi) is 7.52. The first-order chi connectivity index (χ1) is 14.5. The minimum atomic E-state index is -0.249. The molecule has 1 heterocycles. The highest BCUT2D eigenvalue weighted by atomic mass is 32.2. The van der Waals surface area contributed by atoms with Gasteiger partial charge in [-0.25, -0.2) is 0 Å². The van der Waals surface area contributed by atoms with E-state index in [2.05, 4.69) is 29.4 Å². The zero-order valence-corrected chi connectivity index (χ0v) is 18.6. The van der Waals surface area contributed by atoms with Crippen LogP contribution in [0, 0.1) is 0 Å². The summed E-state index contributed by atoms with van der Waals surface area (Å²) in [6.07, 6.45) is -0.249. The average molecular weight is 425 g/mol. The third-order valence-electron chi connectivity index (χ3n) is 4.67. The summed E-state index contributed by atoms with van der Waals surface area (Å²) in [6.45, 7) is 8.91. The van der Waals surface area contributed by atoms with E-state index >= 15 is 0 Å². The highest BCUT2D eigenvalue weighted by molar-refractivity contribution is 7.99. The summed E-state index contributed by atoms with van der Waals surface area (Å²) in [6, 6.07) is 17.6. The van der Waals surface area contributed by atoms with Crippen LogP contribution in [0.3, 0.4) is 0 Å². The third kappa shape index (κ3) is 5.42. The van der Waals surface area contributed by atoms with E-state index in [9.17, 15) is 4.79 Å². The predicted molar refractivity (Wildman–Crippen MR) is 121 cm³/mol. The first kappa shape index (κ1) is 21.9. The Balaban J connectivity index is 1.64. The fourth-order valence-electron chi connectivity index (χ4n) is 3.19. The predicted octanol–water partition coefficient (Wildman–Crippen LogP) is 5.29. The molecule has 0 saturated heterocycles. The summed E-state index contributed by atoms with van der Waals surface area (Å²) >= 11 is 1.38. The van der Waals surface area contributed by atoms with Gasteiger partial charge in [0.05, 0.1) is 5.75 Å². The number of carbonyl (C=O) groups is 1. The Hall–Kier alpha value is -2.80. The molecule has 1 aromatic heterocycles. The molecule has 0 aliphatic heterocycles. The Morgan fingerprint density at radius 1 is 1.07 bits per heavy atom. The number of amides is 1. The number of anilines is 1. The van der Waals surface area contributed by atoms with Crippen molar-refractivity contribution < 1.29 is 9.53 Å². The van der Waals surface area contributed by atoms with Crippen LogP contribution in [0.4, 0.5) is 5.69 Å². The Bertz CT molecular complexity index is 972. The fraction of sp³-hybridized carbons (Fsp3) is 0.348. The number of benzene rings is 2. The van der Waals surface area contributed by atoms with E-state index in [1.807, 2.05) is 73.0 Å². The van der Waals surface area contributed by atoms with Crippen molar-refractivity contribution >= 4 is 23.4 Å². The number of carbonyl (C=O) groups excluding carboxylic acids is 1. The summed E-state index contributed by atoms with van der Waals surface area (Å²) in [4.78, 5) is 12.5. The van der Waals surface area contributed by atoms with Crippen molar-refractivity contribution in [2.24, 2.45) is 0 Å². The molecule has 0 unspecified atom stereocenters. The van der Waals surface area contributed by atoms with Gasteiger partial charge in [-0.2, -0.15) is 0 Å². The van der Waals surface area contributed by atoms with Crippen LogP contribution < -0.4 is 10.1 Å². The quantitative estimate of drug-likeness (QED) is 0.473. The van der Waals surface area contributed by atoms with Crippen molar-refractivity contribution in [3.63, 3.8) is 0 Å². The lowest BCUT2D eigenvalue weighted by atomic mass is 10.0. The van der Waals surface area contributed by atoms with E-state index in [0.29, 0.717) is 17.6 Å². The van der Waals surface area contributed by atoms with Gasteiger partial charge in [-0.1, -0.05) is 62.0 Å². The largest absolute Gasteiger partial charge is 0.483 e. The number of hydrogen-bond acceptors (Lipinski definition) is 5. The number of nitrogens with zero attached hydrogens (tertiary/aromatic N) is 3. The molecule has 0 spiro atoms. The number of ether oxygens (including phenoxy) is 1. The van der Waals surface area contributed by atoms with Crippen LogP contribution in [0.15, 0.2) is 59.8 Å². The number of hydrogen-bond donors (Lipinski definition) is 1. The van der Waals surface area contributed by atoms with Gasteiger partial charge in [-0.3, -0.25) is 4.79 Å². The summed E-state index contributed by atoms with van der Waals surface area (Å²) < 4.78 is 7.98. The number of thioether (sulfide) groups is 1. The lowest BCUT2D eigenvalue weighted by molar-refractivity contribution is -0.113. The van der Waals surface area contributed by atoms with Crippen LogP contribution in [0.2, 0.25) is 0 Å². The van der Waals surface area contributed by atoms with Crippen LogP contribution in [-0.2, 0) is 11.3 Å². The SMILES string of the molecule is CCn1c(SCC(=O)Nc2ccccc2C(C)C)nnc1[C@@H](C)Oc1ccccc1. The van der Waals surface area contributed by atoms with E-state index in [1.54, 1.807) is 0 Å². The zero-order chi connectivity index (χ0) is 21.5. The van der Waals surface area contributed by atoms with E-state index in [1.165, 1.54) is 11.8 Å². The Morgan fingerprint density at radius 2 is 1.77 bits per heavy atom. The molecule has 1 atom stereocenters. The molecule has 3 rings (SSSR count). The first-order valence-electron chi connectivity index (χ1n) is 10.2. The molecule has 2 aromatic carbocycles. The van der Waals surface area contributed by atoms with Gasteiger partial charge in [-0.05, 0) is 43.5 Å². The molecule has 0 fully saturated rings. The first-order valence-corrected chi connectivity index (χ1v) is 11.1. The average Bonchev–Trinajstić information content (AvgIpc) is 3.16. The maximum Gasteiger partial charge on any atom is 0.234 e. The van der Waals surface area contributed by atoms with Gasteiger partial charge >= 0.3 is 0 Å². The van der Waals surface area contributed by atoms with Gasteiger partial charge in [0.25, 0.3) is 0 Å². The van der Waals surface area contributed by atoms with Gasteiger partial charge < -0.3 is 14.6 Å². The van der Waals surface area contributed by atoms with Crippen LogP contribution in [-0.4, -0.2) is 26.4 Å². The van der Waals surface area contributed by atoms with Crippen molar-refractivity contribution in [1.29, 1.82) is 0 Å². The van der Waals surface area contributed by atoms with Crippen LogP contribution in [0.1, 0.15) is 51.1 Å². The second-order valence-electron chi connectivity index (χ2n) is 7.24. The van der Waals surface area contributed by atoms with Crippen LogP contribution in [0.5, 0.6) is 5.75 Å². The standard InChI is InChI=1S/C23H28N4O2S/c1-5-27-22(17(4)29-18-11-7-6-8-12-18)25-26-23(27)30-15-21(28)24-20-14-10-9-13-19(20)16(2)3/h6-14,16-17H,5,15H2,1-4H3,(H,24,28)/t17-/m1/s1. The molecule has 0 saturated carbocycles. The lowest BCUT2D eigenvalue weighted by Crippen LogP contribution is -2.16. The van der Waals surface area contributed by atoms with E-state index < -0.39 is 0 Å². The monoisotopic (exact) mass is 424 g/mol. The fourth-order valence-corrected chi connectivity index (χ4v) is 4.00. The molecule has 0 aliphatic carbocycles. The molecule has 30 heavy (non-hydrogen) atoms.